The van der Waals surface area contributed by atoms with Gasteiger partial charge in [-0.15, -0.1) is 0 Å². The number of nitrogens with two attached hydrogens (primary N) is 1. The SMILES string of the molecule is CS(=O)(=O)N[C@H](Cc1ccccc1)C(=O)N1CC[C@H](N)C[C@H]1C(=O)NCC1CCCCC1. The van der Waals surface area contributed by atoms with Crippen molar-refractivity contribution in [2.24, 2.45) is 11.7 Å². The Kier molecular flexibility index (Phi) is 8.67. The number of sulfonamides is 1. The Hall–Kier alpha value is -1.97. The Bertz CT molecular complexity index is 871. The first-order valence-electron chi connectivity index (χ1n) is 11.6. The number of hydrogen-bond acceptors (Lipinski definition) is 5. The van der Waals surface area contributed by atoms with E-state index in [0.29, 0.717) is 31.8 Å². The lowest BCUT2D eigenvalue weighted by Crippen LogP contribution is -2.60. The van der Waals surface area contributed by atoms with Gasteiger partial charge in [-0.25, -0.2) is 13.1 Å². The highest BCUT2D eigenvalue weighted by atomic mass is 32.2. The molecule has 9 heteroatoms. The first-order valence-corrected chi connectivity index (χ1v) is 13.5. The summed E-state index contributed by atoms with van der Waals surface area (Å²) in [4.78, 5) is 28.1. The molecular weight excluding hydrogens is 428 g/mol. The van der Waals surface area contributed by atoms with Crippen molar-refractivity contribution in [3.05, 3.63) is 35.9 Å². The van der Waals surface area contributed by atoms with Crippen molar-refractivity contribution < 1.29 is 18.0 Å². The Morgan fingerprint density at radius 3 is 2.47 bits per heavy atom. The van der Waals surface area contributed by atoms with E-state index in [1.54, 1.807) is 0 Å². The second kappa shape index (κ2) is 11.2. The number of amides is 2. The van der Waals surface area contributed by atoms with Gasteiger partial charge in [0.1, 0.15) is 12.1 Å². The summed E-state index contributed by atoms with van der Waals surface area (Å²) < 4.78 is 26.4. The van der Waals surface area contributed by atoms with Crippen LogP contribution in [0.3, 0.4) is 0 Å². The number of carbonyl (C=O) groups excluding carboxylic acids is 2. The third-order valence-electron chi connectivity index (χ3n) is 6.46. The van der Waals surface area contributed by atoms with Gasteiger partial charge in [0.2, 0.25) is 21.8 Å². The molecule has 3 atom stereocenters. The lowest BCUT2D eigenvalue weighted by molar-refractivity contribution is -0.144. The largest absolute Gasteiger partial charge is 0.354 e. The van der Waals surface area contributed by atoms with E-state index in [9.17, 15) is 18.0 Å². The van der Waals surface area contributed by atoms with Crippen LogP contribution in [0, 0.1) is 5.92 Å². The Labute approximate surface area is 191 Å². The fourth-order valence-corrected chi connectivity index (χ4v) is 5.45. The molecule has 3 rings (SSSR count). The maximum atomic E-state index is 13.5. The van der Waals surface area contributed by atoms with Gasteiger partial charge in [0.25, 0.3) is 0 Å². The molecule has 1 aliphatic heterocycles. The minimum Gasteiger partial charge on any atom is -0.354 e. The Morgan fingerprint density at radius 1 is 1.12 bits per heavy atom. The topological polar surface area (TPSA) is 122 Å². The maximum absolute atomic E-state index is 13.5. The molecule has 2 aliphatic rings. The first kappa shape index (κ1) is 24.7. The van der Waals surface area contributed by atoms with Crippen LogP contribution in [0.25, 0.3) is 0 Å². The lowest BCUT2D eigenvalue weighted by atomic mass is 9.89. The van der Waals surface area contributed by atoms with E-state index < -0.39 is 22.1 Å². The zero-order valence-corrected chi connectivity index (χ0v) is 19.6. The normalized spacial score (nSPS) is 23.5. The van der Waals surface area contributed by atoms with Crippen molar-refractivity contribution in [3.63, 3.8) is 0 Å². The number of hydrogen-bond donors (Lipinski definition) is 3. The number of rotatable bonds is 8. The summed E-state index contributed by atoms with van der Waals surface area (Å²) in [5.74, 6) is -0.104. The van der Waals surface area contributed by atoms with Crippen LogP contribution >= 0.6 is 0 Å². The molecule has 1 heterocycles. The van der Waals surface area contributed by atoms with Gasteiger partial charge in [0.05, 0.1) is 6.26 Å². The Balaban J connectivity index is 1.73. The molecule has 1 aliphatic carbocycles. The molecule has 2 fully saturated rings. The van der Waals surface area contributed by atoms with E-state index in [-0.39, 0.29) is 24.3 Å². The van der Waals surface area contributed by atoms with Gasteiger partial charge in [0, 0.05) is 19.1 Å². The van der Waals surface area contributed by atoms with Crippen molar-refractivity contribution in [3.8, 4) is 0 Å². The molecular formula is C23H36N4O4S. The molecule has 0 radical (unpaired) electrons. The van der Waals surface area contributed by atoms with Crippen molar-refractivity contribution in [2.45, 2.75) is 69.5 Å². The molecule has 0 unspecified atom stereocenters. The fraction of sp³-hybridized carbons (Fsp3) is 0.652. The second-order valence-corrected chi connectivity index (χ2v) is 11.0. The molecule has 0 bridgehead atoms. The summed E-state index contributed by atoms with van der Waals surface area (Å²) in [6.45, 7) is 0.944. The zero-order valence-electron chi connectivity index (χ0n) is 18.8. The van der Waals surface area contributed by atoms with E-state index in [1.807, 2.05) is 30.3 Å². The average molecular weight is 465 g/mol. The van der Waals surface area contributed by atoms with Crippen LogP contribution < -0.4 is 15.8 Å². The minimum atomic E-state index is -3.62. The predicted octanol–water partition coefficient (Wildman–Crippen LogP) is 1.16. The number of carbonyl (C=O) groups is 2. The van der Waals surface area contributed by atoms with Crippen molar-refractivity contribution in [1.29, 1.82) is 0 Å². The van der Waals surface area contributed by atoms with E-state index in [2.05, 4.69) is 10.0 Å². The number of piperidine rings is 1. The second-order valence-electron chi connectivity index (χ2n) is 9.21. The van der Waals surface area contributed by atoms with Crippen molar-refractivity contribution in [1.82, 2.24) is 14.9 Å². The van der Waals surface area contributed by atoms with E-state index in [0.717, 1.165) is 24.7 Å². The number of nitrogens with one attached hydrogen (secondary N) is 2. The van der Waals surface area contributed by atoms with Gasteiger partial charge in [-0.2, -0.15) is 0 Å². The van der Waals surface area contributed by atoms with Crippen LogP contribution in [0.4, 0.5) is 0 Å². The van der Waals surface area contributed by atoms with Crippen molar-refractivity contribution >= 4 is 21.8 Å². The van der Waals surface area contributed by atoms with Gasteiger partial charge >= 0.3 is 0 Å². The van der Waals surface area contributed by atoms with Crippen molar-refractivity contribution in [2.75, 3.05) is 19.3 Å². The molecule has 2 amide bonds. The number of nitrogens with zero attached hydrogens (tertiary/aromatic N) is 1. The average Bonchev–Trinajstić information content (AvgIpc) is 2.77. The van der Waals surface area contributed by atoms with Crippen LogP contribution in [-0.4, -0.2) is 62.6 Å². The summed E-state index contributed by atoms with van der Waals surface area (Å²) in [6, 6.07) is 7.43. The highest BCUT2D eigenvalue weighted by Crippen LogP contribution is 2.24. The lowest BCUT2D eigenvalue weighted by Gasteiger charge is -2.39. The van der Waals surface area contributed by atoms with E-state index in [1.165, 1.54) is 24.2 Å². The summed E-state index contributed by atoms with van der Waals surface area (Å²) in [5.41, 5.74) is 6.98. The summed E-state index contributed by atoms with van der Waals surface area (Å²) >= 11 is 0. The third-order valence-corrected chi connectivity index (χ3v) is 7.17. The van der Waals surface area contributed by atoms with Gasteiger partial charge in [0.15, 0.2) is 0 Å². The molecule has 8 nitrogen and oxygen atoms in total. The first-order chi connectivity index (χ1) is 15.2. The summed E-state index contributed by atoms with van der Waals surface area (Å²) in [7, 11) is -3.62. The highest BCUT2D eigenvalue weighted by molar-refractivity contribution is 7.88. The maximum Gasteiger partial charge on any atom is 0.242 e. The standard InChI is InChI=1S/C23H36N4O4S/c1-32(30,31)26-20(14-17-8-4-2-5-9-17)23(29)27-13-12-19(24)15-21(27)22(28)25-16-18-10-6-3-7-11-18/h2,4-5,8-9,18-21,26H,3,6-7,10-16,24H2,1H3,(H,25,28)/t19-,20+,21-/m0/s1. The monoisotopic (exact) mass is 464 g/mol. The molecule has 0 spiro atoms. The van der Waals surface area contributed by atoms with E-state index in [4.69, 9.17) is 5.73 Å². The fourth-order valence-electron chi connectivity index (χ4n) is 4.75. The van der Waals surface area contributed by atoms with E-state index >= 15 is 0 Å². The molecule has 0 aromatic heterocycles. The Morgan fingerprint density at radius 2 is 1.81 bits per heavy atom. The van der Waals surface area contributed by atoms with Gasteiger partial charge in [-0.05, 0) is 43.6 Å². The van der Waals surface area contributed by atoms with Gasteiger partial charge in [-0.1, -0.05) is 49.6 Å². The predicted molar refractivity (Wildman–Crippen MR) is 124 cm³/mol. The van der Waals surface area contributed by atoms with Gasteiger partial charge < -0.3 is 16.0 Å². The number of likely N-dealkylation sites (tertiary alicyclic amines) is 1. The molecule has 4 N–H and O–H groups in total. The third kappa shape index (κ3) is 7.28. The van der Waals surface area contributed by atoms with Crippen LogP contribution in [0.1, 0.15) is 50.5 Å². The van der Waals surface area contributed by atoms with Crippen LogP contribution in [0.15, 0.2) is 30.3 Å². The quantitative estimate of drug-likeness (QED) is 0.533. The summed E-state index contributed by atoms with van der Waals surface area (Å²) in [5, 5.41) is 3.04. The molecule has 1 aromatic rings. The zero-order chi connectivity index (χ0) is 23.1. The molecule has 1 aromatic carbocycles. The minimum absolute atomic E-state index is 0.167. The van der Waals surface area contributed by atoms with Crippen LogP contribution in [-0.2, 0) is 26.0 Å². The highest BCUT2D eigenvalue weighted by Gasteiger charge is 2.38. The van der Waals surface area contributed by atoms with Crippen LogP contribution in [0.5, 0.6) is 0 Å². The molecule has 178 valence electrons. The number of benzene rings is 1. The summed E-state index contributed by atoms with van der Waals surface area (Å²) in [6.07, 6.45) is 8.07. The smallest absolute Gasteiger partial charge is 0.242 e. The van der Waals surface area contributed by atoms with Gasteiger partial charge in [-0.3, -0.25) is 9.59 Å². The molecule has 32 heavy (non-hydrogen) atoms. The van der Waals surface area contributed by atoms with Crippen LogP contribution in [0.2, 0.25) is 0 Å². The molecule has 1 saturated carbocycles. The molecule has 1 saturated heterocycles.